The van der Waals surface area contributed by atoms with Crippen LogP contribution in [0.5, 0.6) is 11.5 Å². The Labute approximate surface area is 165 Å². The second-order valence-corrected chi connectivity index (χ2v) is 7.75. The first-order valence-electron chi connectivity index (χ1n) is 9.22. The molecular weight excluding hydrogens is 360 g/mol. The fraction of sp³-hybridized carbons (Fsp3) is 0.500. The third-order valence-corrected chi connectivity index (χ3v) is 5.94. The summed E-state index contributed by atoms with van der Waals surface area (Å²) in [5, 5.41) is 9.80. The number of methoxy groups -OCH3 is 2. The average molecular weight is 389 g/mol. The number of hydrogen-bond acceptors (Lipinski definition) is 6. The molecule has 0 amide bonds. The number of benzene rings is 1. The van der Waals surface area contributed by atoms with Crippen molar-refractivity contribution < 1.29 is 9.47 Å². The molecule has 0 N–H and O–H groups in total. The summed E-state index contributed by atoms with van der Waals surface area (Å²) >= 11 is 1.67. The van der Waals surface area contributed by atoms with Crippen LogP contribution in [0.1, 0.15) is 30.1 Å². The maximum atomic E-state index is 5.43. The van der Waals surface area contributed by atoms with Crippen LogP contribution in [0.3, 0.4) is 0 Å². The predicted molar refractivity (Wildman–Crippen MR) is 109 cm³/mol. The van der Waals surface area contributed by atoms with Gasteiger partial charge in [0.2, 0.25) is 0 Å². The van der Waals surface area contributed by atoms with E-state index in [4.69, 9.17) is 9.47 Å². The molecule has 6 nitrogen and oxygen atoms in total. The van der Waals surface area contributed by atoms with Crippen molar-refractivity contribution in [1.82, 2.24) is 19.7 Å². The van der Waals surface area contributed by atoms with Gasteiger partial charge < -0.3 is 14.0 Å². The molecule has 0 saturated carbocycles. The minimum absolute atomic E-state index is 0.412. The van der Waals surface area contributed by atoms with Gasteiger partial charge in [-0.15, -0.1) is 16.8 Å². The van der Waals surface area contributed by atoms with E-state index in [9.17, 15) is 0 Å². The molecule has 1 aliphatic rings. The zero-order valence-corrected chi connectivity index (χ0v) is 17.2. The first-order valence-corrected chi connectivity index (χ1v) is 10.2. The third-order valence-electron chi connectivity index (χ3n) is 4.92. The first kappa shape index (κ1) is 19.8. The first-order chi connectivity index (χ1) is 13.2. The average Bonchev–Trinajstić information content (AvgIpc) is 3.06. The van der Waals surface area contributed by atoms with E-state index >= 15 is 0 Å². The quantitative estimate of drug-likeness (QED) is 0.510. The number of piperidine rings is 1. The van der Waals surface area contributed by atoms with Gasteiger partial charge in [-0.1, -0.05) is 23.9 Å². The summed E-state index contributed by atoms with van der Waals surface area (Å²) in [7, 11) is 5.40. The second kappa shape index (κ2) is 9.28. The summed E-state index contributed by atoms with van der Waals surface area (Å²) in [6, 6.07) is 6.15. The van der Waals surface area contributed by atoms with Crippen molar-refractivity contribution in [3.8, 4) is 11.5 Å². The summed E-state index contributed by atoms with van der Waals surface area (Å²) in [6.45, 7) is 6.76. The number of ether oxygens (including phenoxy) is 2. The van der Waals surface area contributed by atoms with E-state index in [1.165, 1.54) is 12.0 Å². The van der Waals surface area contributed by atoms with Crippen molar-refractivity contribution in [2.24, 2.45) is 7.05 Å². The molecule has 27 heavy (non-hydrogen) atoms. The largest absolute Gasteiger partial charge is 0.493 e. The molecule has 1 fully saturated rings. The summed E-state index contributed by atoms with van der Waals surface area (Å²) in [4.78, 5) is 2.49. The number of nitrogens with zero attached hydrogens (tertiary/aromatic N) is 4. The molecule has 2 aromatic rings. The highest BCUT2D eigenvalue weighted by atomic mass is 32.2. The topological polar surface area (TPSA) is 52.4 Å². The SMILES string of the molecule is C=CCSc1nnc([C@H]2CCCN(Cc3ccc(OC)c(OC)c3)C2)n1C. The zero-order valence-electron chi connectivity index (χ0n) is 16.4. The molecule has 146 valence electrons. The maximum Gasteiger partial charge on any atom is 0.191 e. The number of hydrogen-bond donors (Lipinski definition) is 0. The highest BCUT2D eigenvalue weighted by Gasteiger charge is 2.26. The number of aromatic nitrogens is 3. The number of likely N-dealkylation sites (tertiary alicyclic amines) is 1. The number of rotatable bonds is 8. The molecule has 1 saturated heterocycles. The fourth-order valence-corrected chi connectivity index (χ4v) is 4.24. The summed E-state index contributed by atoms with van der Waals surface area (Å²) < 4.78 is 12.9. The van der Waals surface area contributed by atoms with Gasteiger partial charge in [0.1, 0.15) is 5.82 Å². The van der Waals surface area contributed by atoms with E-state index in [1.807, 2.05) is 12.1 Å². The molecule has 2 heterocycles. The lowest BCUT2D eigenvalue weighted by Crippen LogP contribution is -2.34. The lowest BCUT2D eigenvalue weighted by Gasteiger charge is -2.32. The summed E-state index contributed by atoms with van der Waals surface area (Å²) in [5.41, 5.74) is 1.23. The second-order valence-electron chi connectivity index (χ2n) is 6.76. The molecule has 0 unspecified atom stereocenters. The predicted octanol–water partition coefficient (Wildman–Crippen LogP) is 3.49. The van der Waals surface area contributed by atoms with Gasteiger partial charge in [-0.2, -0.15) is 0 Å². The van der Waals surface area contributed by atoms with Crippen molar-refractivity contribution in [3.63, 3.8) is 0 Å². The molecular formula is C20H28N4O2S. The maximum absolute atomic E-state index is 5.43. The molecule has 1 aromatic carbocycles. The smallest absolute Gasteiger partial charge is 0.191 e. The van der Waals surface area contributed by atoms with Crippen LogP contribution in [-0.4, -0.2) is 52.7 Å². The van der Waals surface area contributed by atoms with Crippen molar-refractivity contribution in [1.29, 1.82) is 0 Å². The molecule has 3 rings (SSSR count). The van der Waals surface area contributed by atoms with Gasteiger partial charge in [0.05, 0.1) is 14.2 Å². The lowest BCUT2D eigenvalue weighted by atomic mass is 9.96. The minimum atomic E-state index is 0.412. The Balaban J connectivity index is 1.68. The third kappa shape index (κ3) is 4.65. The summed E-state index contributed by atoms with van der Waals surface area (Å²) in [6.07, 6.45) is 4.21. The fourth-order valence-electron chi connectivity index (χ4n) is 3.59. The van der Waals surface area contributed by atoms with Gasteiger partial charge in [-0.05, 0) is 37.1 Å². The van der Waals surface area contributed by atoms with Gasteiger partial charge in [0.25, 0.3) is 0 Å². The van der Waals surface area contributed by atoms with Crippen molar-refractivity contribution in [3.05, 3.63) is 42.2 Å². The van der Waals surface area contributed by atoms with Crippen LogP contribution in [0, 0.1) is 0 Å². The molecule has 0 aliphatic carbocycles. The molecule has 0 radical (unpaired) electrons. The van der Waals surface area contributed by atoms with E-state index in [1.54, 1.807) is 26.0 Å². The Morgan fingerprint density at radius 3 is 2.81 bits per heavy atom. The lowest BCUT2D eigenvalue weighted by molar-refractivity contribution is 0.194. The van der Waals surface area contributed by atoms with E-state index in [0.29, 0.717) is 5.92 Å². The normalized spacial score (nSPS) is 17.7. The van der Waals surface area contributed by atoms with E-state index in [0.717, 1.165) is 54.3 Å². The van der Waals surface area contributed by atoms with Crippen LogP contribution >= 0.6 is 11.8 Å². The molecule has 1 aliphatic heterocycles. The Morgan fingerprint density at radius 2 is 2.07 bits per heavy atom. The van der Waals surface area contributed by atoms with Gasteiger partial charge >= 0.3 is 0 Å². The Hall–Kier alpha value is -1.99. The van der Waals surface area contributed by atoms with Crippen LogP contribution < -0.4 is 9.47 Å². The Kier molecular flexibility index (Phi) is 6.79. The van der Waals surface area contributed by atoms with Crippen LogP contribution in [0.4, 0.5) is 0 Å². The minimum Gasteiger partial charge on any atom is -0.493 e. The van der Waals surface area contributed by atoms with Crippen LogP contribution in [-0.2, 0) is 13.6 Å². The van der Waals surface area contributed by atoms with Crippen LogP contribution in [0.2, 0.25) is 0 Å². The standard InChI is InChI=1S/C20H28N4O2S/c1-5-11-27-20-22-21-19(23(20)2)16-7-6-10-24(14-16)13-15-8-9-17(25-3)18(12-15)26-4/h5,8-9,12,16H,1,6-7,10-11,13-14H2,2-4H3/t16-/m0/s1. The molecule has 7 heteroatoms. The van der Waals surface area contributed by atoms with Crippen molar-refractivity contribution in [2.75, 3.05) is 33.1 Å². The monoisotopic (exact) mass is 388 g/mol. The zero-order chi connectivity index (χ0) is 19.2. The van der Waals surface area contributed by atoms with E-state index in [2.05, 4.69) is 45.4 Å². The van der Waals surface area contributed by atoms with Crippen molar-refractivity contribution in [2.45, 2.75) is 30.5 Å². The van der Waals surface area contributed by atoms with E-state index < -0.39 is 0 Å². The van der Waals surface area contributed by atoms with Gasteiger partial charge in [-0.25, -0.2) is 0 Å². The molecule has 1 aromatic heterocycles. The molecule has 0 bridgehead atoms. The van der Waals surface area contributed by atoms with Crippen molar-refractivity contribution >= 4 is 11.8 Å². The van der Waals surface area contributed by atoms with Gasteiger partial charge in [0, 0.05) is 31.8 Å². The summed E-state index contributed by atoms with van der Waals surface area (Å²) in [5.74, 6) is 3.89. The molecule has 0 spiro atoms. The van der Waals surface area contributed by atoms with Gasteiger partial charge in [0.15, 0.2) is 16.7 Å². The van der Waals surface area contributed by atoms with E-state index in [-0.39, 0.29) is 0 Å². The number of thioether (sulfide) groups is 1. The van der Waals surface area contributed by atoms with Gasteiger partial charge in [-0.3, -0.25) is 4.90 Å². The highest BCUT2D eigenvalue weighted by molar-refractivity contribution is 7.99. The molecule has 1 atom stereocenters. The van der Waals surface area contributed by atoms with Crippen LogP contribution in [0.25, 0.3) is 0 Å². The Morgan fingerprint density at radius 1 is 1.26 bits per heavy atom. The van der Waals surface area contributed by atoms with Crippen LogP contribution in [0.15, 0.2) is 36.0 Å². The Bertz CT molecular complexity index is 777. The highest BCUT2D eigenvalue weighted by Crippen LogP contribution is 2.31.